The number of hydrogen-bond acceptors (Lipinski definition) is 4. The van der Waals surface area contributed by atoms with Crippen LogP contribution in [0.25, 0.3) is 16.6 Å². The number of H-pyrrole nitrogens is 1. The van der Waals surface area contributed by atoms with E-state index in [1.54, 1.807) is 14.2 Å². The normalized spacial score (nSPS) is 11.5. The average Bonchev–Trinajstić information content (AvgIpc) is 2.93. The quantitative estimate of drug-likeness (QED) is 0.582. The molecule has 3 N–H and O–H groups in total. The second-order valence-electron chi connectivity index (χ2n) is 4.43. The van der Waals surface area contributed by atoms with E-state index in [0.29, 0.717) is 10.9 Å². The molecule has 0 unspecified atom stereocenters. The summed E-state index contributed by atoms with van der Waals surface area (Å²) in [6.45, 7) is 4.00. The van der Waals surface area contributed by atoms with Gasteiger partial charge in [-0.15, -0.1) is 0 Å². The van der Waals surface area contributed by atoms with Crippen LogP contribution in [0.15, 0.2) is 36.0 Å². The number of amidine groups is 1. The first kappa shape index (κ1) is 16.0. The number of carboxylic acids is 1. The number of fused-ring (bicyclic) bond motifs is 1. The number of nitrogens with zero attached hydrogens (tertiary/aromatic N) is 1. The Labute approximate surface area is 132 Å². The van der Waals surface area contributed by atoms with Gasteiger partial charge in [0.2, 0.25) is 0 Å². The summed E-state index contributed by atoms with van der Waals surface area (Å²) in [7, 11) is 3.22. The summed E-state index contributed by atoms with van der Waals surface area (Å²) in [5, 5.41) is 13.3. The van der Waals surface area contributed by atoms with E-state index in [0.717, 1.165) is 34.0 Å². The lowest BCUT2D eigenvalue weighted by Gasteiger charge is -2.10. The molecule has 0 bridgehead atoms. The number of hydrogen-bond donors (Lipinski definition) is 3. The highest BCUT2D eigenvalue weighted by Crippen LogP contribution is 2.26. The molecule has 0 fully saturated rings. The maximum atomic E-state index is 10.6. The molecule has 2 rings (SSSR count). The van der Waals surface area contributed by atoms with Crippen LogP contribution in [0.4, 0.5) is 0 Å². The van der Waals surface area contributed by atoms with Crippen LogP contribution in [0.1, 0.15) is 5.56 Å². The molecule has 0 aliphatic carbocycles. The van der Waals surface area contributed by atoms with Gasteiger partial charge in [0.05, 0.1) is 12.9 Å². The maximum absolute atomic E-state index is 10.6. The van der Waals surface area contributed by atoms with Crippen molar-refractivity contribution in [1.29, 1.82) is 0 Å². The molecular formula is C15H17N3O3S. The molecule has 1 heterocycles. The van der Waals surface area contributed by atoms with E-state index in [-0.39, 0.29) is 5.75 Å². The second-order valence-corrected chi connectivity index (χ2v) is 5.39. The Balaban J connectivity index is 2.17. The van der Waals surface area contributed by atoms with Crippen LogP contribution in [-0.4, -0.2) is 41.1 Å². The first-order valence-electron chi connectivity index (χ1n) is 6.48. The van der Waals surface area contributed by atoms with Gasteiger partial charge in [-0.25, -0.2) is 0 Å². The van der Waals surface area contributed by atoms with Gasteiger partial charge in [-0.3, -0.25) is 9.79 Å². The Morgan fingerprint density at radius 2 is 2.32 bits per heavy atom. The first-order valence-corrected chi connectivity index (χ1v) is 7.46. The molecule has 0 saturated carbocycles. The number of thioether (sulfide) groups is 1. The zero-order valence-corrected chi connectivity index (χ0v) is 13.2. The van der Waals surface area contributed by atoms with E-state index in [4.69, 9.17) is 9.84 Å². The van der Waals surface area contributed by atoms with Crippen molar-refractivity contribution in [1.82, 2.24) is 10.3 Å². The second kappa shape index (κ2) is 7.04. The highest BCUT2D eigenvalue weighted by molar-refractivity contribution is 8.14. The van der Waals surface area contributed by atoms with Crippen LogP contribution < -0.4 is 10.1 Å². The summed E-state index contributed by atoms with van der Waals surface area (Å²) < 4.78 is 5.19. The van der Waals surface area contributed by atoms with Crippen LogP contribution in [0, 0.1) is 0 Å². The number of carbonyl (C=O) groups is 1. The van der Waals surface area contributed by atoms with Gasteiger partial charge in [-0.05, 0) is 12.1 Å². The number of rotatable bonds is 5. The van der Waals surface area contributed by atoms with Crippen LogP contribution in [0.3, 0.4) is 0 Å². The molecule has 1 aromatic carbocycles. The zero-order chi connectivity index (χ0) is 16.1. The van der Waals surface area contributed by atoms with Gasteiger partial charge in [0.25, 0.3) is 0 Å². The van der Waals surface area contributed by atoms with Crippen LogP contribution in [0.5, 0.6) is 5.75 Å². The van der Waals surface area contributed by atoms with E-state index in [2.05, 4.69) is 21.9 Å². The molecular weight excluding hydrogens is 302 g/mol. The van der Waals surface area contributed by atoms with E-state index >= 15 is 0 Å². The minimum atomic E-state index is -0.891. The van der Waals surface area contributed by atoms with E-state index in [9.17, 15) is 4.79 Å². The van der Waals surface area contributed by atoms with Gasteiger partial charge < -0.3 is 20.1 Å². The van der Waals surface area contributed by atoms with Crippen molar-refractivity contribution in [2.75, 3.05) is 19.9 Å². The average molecular weight is 319 g/mol. The van der Waals surface area contributed by atoms with Crippen LogP contribution in [0.2, 0.25) is 0 Å². The lowest BCUT2D eigenvalue weighted by molar-refractivity contribution is -0.133. The molecule has 0 saturated heterocycles. The Morgan fingerprint density at radius 3 is 2.95 bits per heavy atom. The van der Waals surface area contributed by atoms with Crippen molar-refractivity contribution in [2.24, 2.45) is 4.99 Å². The molecule has 22 heavy (non-hydrogen) atoms. The number of carboxylic acid groups (broad SMARTS) is 1. The number of ether oxygens (including phenoxy) is 1. The van der Waals surface area contributed by atoms with E-state index in [1.807, 2.05) is 24.4 Å². The fraction of sp³-hybridized carbons (Fsp3) is 0.200. The molecule has 116 valence electrons. The monoisotopic (exact) mass is 319 g/mol. The zero-order valence-electron chi connectivity index (χ0n) is 12.3. The fourth-order valence-electron chi connectivity index (χ4n) is 1.97. The summed E-state index contributed by atoms with van der Waals surface area (Å²) >= 11 is 1.12. The molecule has 1 aromatic heterocycles. The van der Waals surface area contributed by atoms with Crippen molar-refractivity contribution >= 4 is 39.5 Å². The Kier molecular flexibility index (Phi) is 5.11. The maximum Gasteiger partial charge on any atom is 0.313 e. The first-order chi connectivity index (χ1) is 10.5. The number of aliphatic carboxylic acids is 1. The SMILES string of the molecule is C=C(N/C(=N\C)SCC(=O)O)c1c[nH]c2cc(OC)ccc12. The molecule has 0 spiro atoms. The molecule has 0 radical (unpaired) electrons. The largest absolute Gasteiger partial charge is 0.497 e. The van der Waals surface area contributed by atoms with Crippen LogP contribution in [-0.2, 0) is 4.79 Å². The van der Waals surface area contributed by atoms with Crippen molar-refractivity contribution < 1.29 is 14.6 Å². The molecule has 2 aromatic rings. The third-order valence-corrected chi connectivity index (χ3v) is 3.96. The minimum Gasteiger partial charge on any atom is -0.497 e. The predicted molar refractivity (Wildman–Crippen MR) is 90.5 cm³/mol. The Hall–Kier alpha value is -2.41. The minimum absolute atomic E-state index is 0.0575. The Bertz CT molecular complexity index is 737. The van der Waals surface area contributed by atoms with Crippen molar-refractivity contribution in [3.05, 3.63) is 36.5 Å². The van der Waals surface area contributed by atoms with Gasteiger partial charge in [-0.2, -0.15) is 0 Å². The Morgan fingerprint density at radius 1 is 1.55 bits per heavy atom. The standard InChI is InChI=1S/C15H17N3O3S/c1-9(18-15(16-2)22-8-14(19)20)12-7-17-13-6-10(21-3)4-5-11(12)13/h4-7,17H,1,8H2,2-3H3,(H,16,18)(H,19,20). The van der Waals surface area contributed by atoms with Gasteiger partial charge in [0, 0.05) is 41.5 Å². The molecule has 0 aliphatic rings. The summed E-state index contributed by atoms with van der Waals surface area (Å²) in [5.41, 5.74) is 2.48. The number of benzene rings is 1. The number of aromatic amines is 1. The molecule has 0 atom stereocenters. The number of nitrogens with one attached hydrogen (secondary N) is 2. The molecule has 0 aliphatic heterocycles. The van der Waals surface area contributed by atoms with Crippen LogP contribution >= 0.6 is 11.8 Å². The summed E-state index contributed by atoms with van der Waals surface area (Å²) in [5.74, 6) is -0.178. The summed E-state index contributed by atoms with van der Waals surface area (Å²) in [6.07, 6.45) is 1.84. The third kappa shape index (κ3) is 3.62. The summed E-state index contributed by atoms with van der Waals surface area (Å²) in [4.78, 5) is 17.8. The number of aromatic nitrogens is 1. The van der Waals surface area contributed by atoms with Gasteiger partial charge in [-0.1, -0.05) is 18.3 Å². The highest BCUT2D eigenvalue weighted by atomic mass is 32.2. The van der Waals surface area contributed by atoms with Crippen molar-refractivity contribution in [3.63, 3.8) is 0 Å². The van der Waals surface area contributed by atoms with Gasteiger partial charge >= 0.3 is 5.97 Å². The molecule has 6 nitrogen and oxygen atoms in total. The van der Waals surface area contributed by atoms with E-state index < -0.39 is 5.97 Å². The predicted octanol–water partition coefficient (Wildman–Crippen LogP) is 2.54. The fourth-order valence-corrected chi connectivity index (χ4v) is 2.55. The van der Waals surface area contributed by atoms with Crippen molar-refractivity contribution in [3.8, 4) is 5.75 Å². The lowest BCUT2D eigenvalue weighted by atomic mass is 10.1. The van der Waals surface area contributed by atoms with Gasteiger partial charge in [0.15, 0.2) is 5.17 Å². The van der Waals surface area contributed by atoms with Crippen molar-refractivity contribution in [2.45, 2.75) is 0 Å². The molecule has 0 amide bonds. The smallest absolute Gasteiger partial charge is 0.313 e. The topological polar surface area (TPSA) is 86.7 Å². The lowest BCUT2D eigenvalue weighted by Crippen LogP contribution is -2.19. The highest BCUT2D eigenvalue weighted by Gasteiger charge is 2.11. The van der Waals surface area contributed by atoms with Gasteiger partial charge in [0.1, 0.15) is 5.75 Å². The number of aliphatic imine (C=N–C) groups is 1. The third-order valence-electron chi connectivity index (χ3n) is 3.01. The summed E-state index contributed by atoms with van der Waals surface area (Å²) in [6, 6.07) is 5.72. The van der Waals surface area contributed by atoms with E-state index in [1.165, 1.54) is 0 Å². The number of methoxy groups -OCH3 is 1. The molecule has 7 heteroatoms.